The number of amides is 3. The monoisotopic (exact) mass is 665 g/mol. The Labute approximate surface area is 277 Å². The van der Waals surface area contributed by atoms with Gasteiger partial charge in [0.15, 0.2) is 0 Å². The summed E-state index contributed by atoms with van der Waals surface area (Å²) in [6, 6.07) is 20.2. The number of thioether (sulfide) groups is 1. The molecule has 3 aromatic rings. The van der Waals surface area contributed by atoms with E-state index < -0.39 is 47.3 Å². The Morgan fingerprint density at radius 1 is 0.681 bits per heavy atom. The number of carbonyl (C=O) groups is 5. The molecule has 13 heteroatoms. The van der Waals surface area contributed by atoms with Crippen LogP contribution in [0.1, 0.15) is 37.0 Å². The normalized spacial score (nSPS) is 12.7. The third kappa shape index (κ3) is 13.5. The van der Waals surface area contributed by atoms with Gasteiger partial charge in [0.25, 0.3) is 0 Å². The minimum absolute atomic E-state index is 0.00679. The number of benzene rings is 3. The van der Waals surface area contributed by atoms with E-state index in [0.717, 1.165) is 11.1 Å². The number of carboxylic acid groups (broad SMARTS) is 1. The number of ether oxygens (including phenoxy) is 2. The zero-order valence-electron chi connectivity index (χ0n) is 26.1. The molecule has 3 rings (SSSR count). The molecular formula is C34H39N3O9S. The summed E-state index contributed by atoms with van der Waals surface area (Å²) in [6.07, 6.45) is -1.46. The molecule has 0 aliphatic carbocycles. The average molecular weight is 666 g/mol. The maximum absolute atomic E-state index is 13.3. The van der Waals surface area contributed by atoms with Gasteiger partial charge in [0.1, 0.15) is 37.1 Å². The summed E-state index contributed by atoms with van der Waals surface area (Å²) in [5.74, 6) is -2.55. The van der Waals surface area contributed by atoms with Gasteiger partial charge in [-0.15, -0.1) is 0 Å². The Morgan fingerprint density at radius 2 is 1.19 bits per heavy atom. The molecular weight excluding hydrogens is 626 g/mol. The Hall–Kier alpha value is -5.04. The van der Waals surface area contributed by atoms with E-state index in [0.29, 0.717) is 17.3 Å². The van der Waals surface area contributed by atoms with E-state index >= 15 is 0 Å². The van der Waals surface area contributed by atoms with Crippen molar-refractivity contribution < 1.29 is 43.7 Å². The number of hydrogen-bond donors (Lipinski definition) is 5. The third-order valence-corrected chi connectivity index (χ3v) is 7.77. The standard InChI is InChI=1S/C34H39N3O9S/c1-22(2)17-28(37-34(44)46-20-25-11-7-4-8-12-25)32(42)47-21-29(31(40)41)35-30(39)27(18-23-13-15-26(38)16-14-23)36-33(43)45-19-24-9-5-3-6-10-24/h3-16,22,27-29,38H,17-21H2,1-2H3,(H,35,39)(H,36,43)(H,37,44)(H,40,41)/t27-,28-,29-/m0/s1. The zero-order valence-corrected chi connectivity index (χ0v) is 26.9. The fourth-order valence-electron chi connectivity index (χ4n) is 4.29. The van der Waals surface area contributed by atoms with Gasteiger partial charge < -0.3 is 35.6 Å². The number of phenolic OH excluding ortho intramolecular Hbond substituents is 1. The first-order chi connectivity index (χ1) is 22.5. The fourth-order valence-corrected chi connectivity index (χ4v) is 5.20. The second-order valence-electron chi connectivity index (χ2n) is 11.0. The topological polar surface area (TPSA) is 180 Å². The van der Waals surface area contributed by atoms with E-state index in [1.807, 2.05) is 26.0 Å². The van der Waals surface area contributed by atoms with Crippen molar-refractivity contribution >= 4 is 40.9 Å². The highest BCUT2D eigenvalue weighted by atomic mass is 32.2. The molecule has 250 valence electrons. The summed E-state index contributed by atoms with van der Waals surface area (Å²) in [5, 5.41) is 26.4. The number of phenols is 1. The van der Waals surface area contributed by atoms with Gasteiger partial charge in [-0.25, -0.2) is 14.4 Å². The van der Waals surface area contributed by atoms with E-state index in [1.165, 1.54) is 12.1 Å². The minimum Gasteiger partial charge on any atom is -0.508 e. The molecule has 3 amide bonds. The quantitative estimate of drug-likeness (QED) is 0.147. The van der Waals surface area contributed by atoms with Crippen LogP contribution in [0.25, 0.3) is 0 Å². The summed E-state index contributed by atoms with van der Waals surface area (Å²) in [6.45, 7) is 3.69. The molecule has 0 spiro atoms. The van der Waals surface area contributed by atoms with Crippen molar-refractivity contribution in [2.75, 3.05) is 5.75 Å². The number of rotatable bonds is 16. The Kier molecular flexibility index (Phi) is 14.6. The third-order valence-electron chi connectivity index (χ3n) is 6.70. The van der Waals surface area contributed by atoms with E-state index in [2.05, 4.69) is 16.0 Å². The second kappa shape index (κ2) is 18.8. The highest BCUT2D eigenvalue weighted by molar-refractivity contribution is 8.13. The lowest BCUT2D eigenvalue weighted by Gasteiger charge is -2.22. The van der Waals surface area contributed by atoms with Crippen molar-refractivity contribution in [2.24, 2.45) is 5.92 Å². The van der Waals surface area contributed by atoms with Gasteiger partial charge >= 0.3 is 18.2 Å². The van der Waals surface area contributed by atoms with Crippen LogP contribution >= 0.6 is 11.8 Å². The molecule has 0 fully saturated rings. The van der Waals surface area contributed by atoms with E-state index in [1.54, 1.807) is 60.7 Å². The summed E-state index contributed by atoms with van der Waals surface area (Å²) in [5.41, 5.74) is 2.07. The summed E-state index contributed by atoms with van der Waals surface area (Å²) in [7, 11) is 0. The lowest BCUT2D eigenvalue weighted by molar-refractivity contribution is -0.141. The van der Waals surface area contributed by atoms with Crippen molar-refractivity contribution in [2.45, 2.75) is 58.0 Å². The number of hydrogen-bond acceptors (Lipinski definition) is 9. The molecule has 0 radical (unpaired) electrons. The number of aliphatic carboxylic acids is 1. The minimum atomic E-state index is -1.51. The predicted molar refractivity (Wildman–Crippen MR) is 175 cm³/mol. The van der Waals surface area contributed by atoms with Crippen LogP contribution in [0, 0.1) is 5.92 Å². The number of nitrogens with one attached hydrogen (secondary N) is 3. The van der Waals surface area contributed by atoms with Crippen LogP contribution in [-0.4, -0.2) is 63.3 Å². The van der Waals surface area contributed by atoms with Crippen LogP contribution in [0.15, 0.2) is 84.9 Å². The Bertz CT molecular complexity index is 1470. The van der Waals surface area contributed by atoms with Crippen molar-refractivity contribution in [3.8, 4) is 5.75 Å². The highest BCUT2D eigenvalue weighted by Crippen LogP contribution is 2.16. The molecule has 47 heavy (non-hydrogen) atoms. The lowest BCUT2D eigenvalue weighted by atomic mass is 10.0. The van der Waals surface area contributed by atoms with Gasteiger partial charge in [0.05, 0.1) is 0 Å². The summed E-state index contributed by atoms with van der Waals surface area (Å²) >= 11 is 0.654. The first-order valence-electron chi connectivity index (χ1n) is 14.9. The molecule has 0 saturated carbocycles. The van der Waals surface area contributed by atoms with Crippen LogP contribution in [0.3, 0.4) is 0 Å². The van der Waals surface area contributed by atoms with E-state index in [-0.39, 0.29) is 43.5 Å². The number of carboxylic acids is 1. The van der Waals surface area contributed by atoms with Crippen LogP contribution in [0.5, 0.6) is 5.75 Å². The number of alkyl carbamates (subject to hydrolysis) is 2. The molecule has 3 atom stereocenters. The lowest BCUT2D eigenvalue weighted by Crippen LogP contribution is -2.53. The predicted octanol–water partition coefficient (Wildman–Crippen LogP) is 4.40. The smallest absolute Gasteiger partial charge is 0.408 e. The van der Waals surface area contributed by atoms with E-state index in [9.17, 15) is 34.2 Å². The molecule has 3 aromatic carbocycles. The van der Waals surface area contributed by atoms with Gasteiger partial charge in [0.2, 0.25) is 11.0 Å². The maximum Gasteiger partial charge on any atom is 0.408 e. The Balaban J connectivity index is 1.63. The fraction of sp³-hybridized carbons (Fsp3) is 0.324. The molecule has 0 aromatic heterocycles. The van der Waals surface area contributed by atoms with Crippen LogP contribution in [0.4, 0.5) is 9.59 Å². The largest absolute Gasteiger partial charge is 0.508 e. The molecule has 0 aliphatic rings. The Morgan fingerprint density at radius 3 is 1.68 bits per heavy atom. The first kappa shape index (κ1) is 36.4. The number of carbonyl (C=O) groups excluding carboxylic acids is 4. The molecule has 0 bridgehead atoms. The van der Waals surface area contributed by atoms with Gasteiger partial charge in [-0.05, 0) is 41.2 Å². The molecule has 0 heterocycles. The summed E-state index contributed by atoms with van der Waals surface area (Å²) in [4.78, 5) is 63.7. The van der Waals surface area contributed by atoms with Crippen LogP contribution in [-0.2, 0) is 43.5 Å². The average Bonchev–Trinajstić information content (AvgIpc) is 3.05. The maximum atomic E-state index is 13.3. The van der Waals surface area contributed by atoms with Crippen molar-refractivity contribution in [3.05, 3.63) is 102 Å². The van der Waals surface area contributed by atoms with Gasteiger partial charge in [-0.1, -0.05) is 98.4 Å². The van der Waals surface area contributed by atoms with Crippen molar-refractivity contribution in [1.29, 1.82) is 0 Å². The van der Waals surface area contributed by atoms with Gasteiger partial charge in [-0.2, -0.15) is 0 Å². The molecule has 0 aliphatic heterocycles. The molecule has 5 N–H and O–H groups in total. The van der Waals surface area contributed by atoms with Gasteiger partial charge in [-0.3, -0.25) is 9.59 Å². The van der Waals surface area contributed by atoms with Crippen molar-refractivity contribution in [1.82, 2.24) is 16.0 Å². The number of aromatic hydroxyl groups is 1. The van der Waals surface area contributed by atoms with Crippen molar-refractivity contribution in [3.63, 3.8) is 0 Å². The SMILES string of the molecule is CC(C)C[C@H](NC(=O)OCc1ccccc1)C(=O)SC[C@H](NC(=O)[C@H](Cc1ccc(O)cc1)NC(=O)OCc1ccccc1)C(=O)O. The van der Waals surface area contributed by atoms with Crippen LogP contribution < -0.4 is 16.0 Å². The molecule has 0 saturated heterocycles. The summed E-state index contributed by atoms with van der Waals surface area (Å²) < 4.78 is 10.5. The highest BCUT2D eigenvalue weighted by Gasteiger charge is 2.30. The molecule has 0 unspecified atom stereocenters. The van der Waals surface area contributed by atoms with Crippen LogP contribution in [0.2, 0.25) is 0 Å². The first-order valence-corrected chi connectivity index (χ1v) is 15.9. The second-order valence-corrected chi connectivity index (χ2v) is 12.1. The van der Waals surface area contributed by atoms with E-state index in [4.69, 9.17) is 9.47 Å². The van der Waals surface area contributed by atoms with Gasteiger partial charge in [0, 0.05) is 12.2 Å². The zero-order chi connectivity index (χ0) is 34.2. The molecule has 12 nitrogen and oxygen atoms in total.